The number of rotatable bonds is 8. The summed E-state index contributed by atoms with van der Waals surface area (Å²) in [6, 6.07) is 7.52. The number of allylic oxidation sites excluding steroid dienone is 6. The Kier molecular flexibility index (Phi) is 9.10. The number of carbonyl (C=O) groups excluding carboxylic acids is 2. The predicted octanol–water partition coefficient (Wildman–Crippen LogP) is 3.90. The van der Waals surface area contributed by atoms with Crippen LogP contribution in [0.1, 0.15) is 73.1 Å². The van der Waals surface area contributed by atoms with Crippen molar-refractivity contribution in [3.63, 3.8) is 0 Å². The molecule has 0 aromatic carbocycles. The molecule has 0 radical (unpaired) electrons. The number of carboxylic acids is 2. The number of nitrogens with zero attached hydrogens (tertiary/aromatic N) is 4. The first-order valence-electron chi connectivity index (χ1n) is 13.7. The zero-order valence-electron chi connectivity index (χ0n) is 25.5. The Morgan fingerprint density at radius 3 is 1.51 bits per heavy atom. The van der Waals surface area contributed by atoms with E-state index in [0.29, 0.717) is 27.8 Å². The standard InChI is InChI=1S/C34H34N4O4.Cr/c1-7-21-17(3)25-13-26-19(5)23(9-11-33(39)40)31(37-26)16-32-24(10-12-34(41)42)20(6)28(38-32)15-30-22(8-2)18(4)27(36-30)14-29(21)35-25;/h7-8,13-16H,1-2,9-12H2,3-6H3,(H4,35,36,37,38,39,40,41,42);/p-3. The van der Waals surface area contributed by atoms with Gasteiger partial charge in [0, 0.05) is 40.4 Å². The van der Waals surface area contributed by atoms with Gasteiger partial charge in [-0.2, -0.15) is 0 Å². The average Bonchev–Trinajstić information content (AvgIpc) is 3.59. The zero-order valence-corrected chi connectivity index (χ0v) is 25.8. The van der Waals surface area contributed by atoms with Crippen LogP contribution >= 0.6 is 0 Å². The Bertz CT molecular complexity index is 1930. The number of fused-ring (bicyclic) bond motifs is 8. The number of aromatic nitrogens is 4. The number of hydrogen-bond donors (Lipinski definition) is 0. The molecular weight excluding hydrogens is 580 g/mol. The van der Waals surface area contributed by atoms with Crippen LogP contribution in [0.15, 0.2) is 49.6 Å². The minimum absolute atomic E-state index is 0. The number of carboxylic acid groups (broad SMARTS) is 2. The smallest absolute Gasteiger partial charge is 0.657 e. The maximum absolute atomic E-state index is 11.4. The van der Waals surface area contributed by atoms with E-state index in [1.807, 2.05) is 45.9 Å². The summed E-state index contributed by atoms with van der Waals surface area (Å²) in [7, 11) is 0. The number of aryl methyl sites for hydroxylation is 4. The Morgan fingerprint density at radius 1 is 0.698 bits per heavy atom. The molecule has 9 heteroatoms. The summed E-state index contributed by atoms with van der Waals surface area (Å²) < 4.78 is 0. The summed E-state index contributed by atoms with van der Waals surface area (Å²) in [5, 5.41) is 22.8. The van der Waals surface area contributed by atoms with Gasteiger partial charge in [-0.05, 0) is 70.6 Å². The quantitative estimate of drug-likeness (QED) is 0.375. The van der Waals surface area contributed by atoms with Crippen molar-refractivity contribution in [2.75, 3.05) is 0 Å². The van der Waals surface area contributed by atoms with E-state index in [4.69, 9.17) is 19.9 Å². The topological polar surface area (TPSA) is 134 Å². The Hall–Kier alpha value is -4.45. The van der Waals surface area contributed by atoms with Gasteiger partial charge >= 0.3 is 1.43 Å². The van der Waals surface area contributed by atoms with Crippen molar-refractivity contribution in [1.29, 1.82) is 0 Å². The van der Waals surface area contributed by atoms with Gasteiger partial charge in [-0.25, -0.2) is 9.97 Å². The van der Waals surface area contributed by atoms with Gasteiger partial charge in [0.1, 0.15) is 0 Å². The van der Waals surface area contributed by atoms with Gasteiger partial charge in [0.25, 0.3) is 0 Å². The van der Waals surface area contributed by atoms with Crippen molar-refractivity contribution in [3.8, 4) is 0 Å². The van der Waals surface area contributed by atoms with Crippen LogP contribution in [0.5, 0.6) is 0 Å². The van der Waals surface area contributed by atoms with Gasteiger partial charge in [0.2, 0.25) is 0 Å². The van der Waals surface area contributed by atoms with Crippen molar-refractivity contribution in [2.24, 2.45) is 0 Å². The van der Waals surface area contributed by atoms with E-state index in [2.05, 4.69) is 13.2 Å². The second kappa shape index (κ2) is 12.4. The molecule has 5 rings (SSSR count). The first-order chi connectivity index (χ1) is 20.0. The normalized spacial score (nSPS) is 12.7. The van der Waals surface area contributed by atoms with Gasteiger partial charge in [-0.15, -0.1) is 22.1 Å². The van der Waals surface area contributed by atoms with E-state index in [0.717, 1.165) is 61.6 Å². The summed E-state index contributed by atoms with van der Waals surface area (Å²) in [6.45, 7) is 15.8. The van der Waals surface area contributed by atoms with E-state index in [1.54, 1.807) is 18.2 Å². The number of aliphatic carboxylic acids is 2. The third kappa shape index (κ3) is 5.92. The van der Waals surface area contributed by atoms with E-state index in [9.17, 15) is 19.8 Å². The molecule has 3 aromatic rings. The fourth-order valence-electron chi connectivity index (χ4n) is 5.60. The average molecular weight is 612 g/mol. The van der Waals surface area contributed by atoms with Crippen LogP contribution < -0.4 is 20.2 Å². The molecule has 8 bridgehead atoms. The third-order valence-corrected chi connectivity index (χ3v) is 8.04. The van der Waals surface area contributed by atoms with Crippen LogP contribution in [0.4, 0.5) is 0 Å². The molecule has 3 aromatic heterocycles. The molecule has 5 heterocycles. The minimum Gasteiger partial charge on any atom is -0.657 e. The molecular formula is C34H31CrN4O4-3. The summed E-state index contributed by atoms with van der Waals surface area (Å²) in [6.07, 6.45) is 3.65. The Morgan fingerprint density at radius 2 is 1.09 bits per heavy atom. The summed E-state index contributed by atoms with van der Waals surface area (Å²) >= 11 is 0. The van der Waals surface area contributed by atoms with Crippen molar-refractivity contribution in [1.82, 2.24) is 19.9 Å². The molecule has 43 heavy (non-hydrogen) atoms. The van der Waals surface area contributed by atoms with Crippen LogP contribution in [-0.4, -0.2) is 21.9 Å². The van der Waals surface area contributed by atoms with Crippen LogP contribution in [-0.2, 0) is 39.8 Å². The Labute approximate surface area is 262 Å². The molecule has 0 saturated carbocycles. The van der Waals surface area contributed by atoms with E-state index in [-0.39, 0.29) is 44.5 Å². The first-order valence-corrected chi connectivity index (χ1v) is 13.7. The van der Waals surface area contributed by atoms with Crippen LogP contribution in [0.3, 0.4) is 0 Å². The molecule has 0 unspecified atom stereocenters. The molecule has 0 amide bonds. The second-order valence-electron chi connectivity index (χ2n) is 10.5. The van der Waals surface area contributed by atoms with Crippen molar-refractivity contribution in [2.45, 2.75) is 53.4 Å². The Balaban J connectivity index is 0.00000264. The molecule has 2 aliphatic heterocycles. The van der Waals surface area contributed by atoms with Crippen molar-refractivity contribution in [3.05, 3.63) is 94.6 Å². The SMILES string of the molecule is C=CC1=C(C)c2cc3[n-]c(cc4[n-]c(cc5nc(cc1n2)C(C)=C5C=C)c(C)c4CCC(=O)[O-])c(CCC(=O)[O-])c3C.[Cr].[H+]. The molecule has 0 saturated heterocycles. The molecule has 0 aliphatic carbocycles. The van der Waals surface area contributed by atoms with Crippen molar-refractivity contribution < 1.29 is 38.6 Å². The van der Waals surface area contributed by atoms with Gasteiger partial charge < -0.3 is 29.8 Å². The largest absolute Gasteiger partial charge is 1.00 e. The molecule has 0 fully saturated rings. The molecule has 0 atom stereocenters. The zero-order chi connectivity index (χ0) is 30.3. The monoisotopic (exact) mass is 611 g/mol. The second-order valence-corrected chi connectivity index (χ2v) is 10.5. The summed E-state index contributed by atoms with van der Waals surface area (Å²) in [4.78, 5) is 42.4. The number of carbonyl (C=O) groups is 2. The summed E-state index contributed by atoms with van der Waals surface area (Å²) in [5.41, 5.74) is 12.2. The predicted molar refractivity (Wildman–Crippen MR) is 162 cm³/mol. The van der Waals surface area contributed by atoms with Crippen LogP contribution in [0.2, 0.25) is 0 Å². The fourth-order valence-corrected chi connectivity index (χ4v) is 5.60. The van der Waals surface area contributed by atoms with Gasteiger partial charge in [0.15, 0.2) is 0 Å². The molecule has 0 N–H and O–H groups in total. The van der Waals surface area contributed by atoms with Crippen LogP contribution in [0, 0.1) is 13.8 Å². The maximum Gasteiger partial charge on any atom is 1.00 e. The van der Waals surface area contributed by atoms with Gasteiger partial charge in [-0.3, -0.25) is 0 Å². The third-order valence-electron chi connectivity index (χ3n) is 8.04. The molecule has 8 nitrogen and oxygen atoms in total. The van der Waals surface area contributed by atoms with E-state index in [1.165, 1.54) is 0 Å². The molecule has 220 valence electrons. The maximum atomic E-state index is 11.4. The van der Waals surface area contributed by atoms with E-state index >= 15 is 0 Å². The van der Waals surface area contributed by atoms with Crippen LogP contribution in [0.25, 0.3) is 44.4 Å². The number of hydrogen-bond acceptors (Lipinski definition) is 6. The molecule has 0 spiro atoms. The first kappa shape index (κ1) is 31.5. The van der Waals surface area contributed by atoms with E-state index < -0.39 is 11.9 Å². The molecule has 2 aliphatic rings. The fraction of sp³-hybridized carbons (Fsp3) is 0.235. The minimum atomic E-state index is -1.16. The van der Waals surface area contributed by atoms with Crippen molar-refractivity contribution >= 4 is 56.3 Å². The van der Waals surface area contributed by atoms with Gasteiger partial charge in [0.05, 0.1) is 22.8 Å². The van der Waals surface area contributed by atoms with Gasteiger partial charge in [-0.1, -0.05) is 65.8 Å². The summed E-state index contributed by atoms with van der Waals surface area (Å²) in [5.74, 6) is -2.31.